The molecule has 10 heteroatoms. The molecule has 0 radical (unpaired) electrons. The molecule has 1 aromatic heterocycles. The van der Waals surface area contributed by atoms with Gasteiger partial charge in [-0.2, -0.15) is 4.39 Å². The Morgan fingerprint density at radius 2 is 2.00 bits per heavy atom. The zero-order valence-electron chi connectivity index (χ0n) is 10.0. The minimum atomic E-state index is -1.44. The summed E-state index contributed by atoms with van der Waals surface area (Å²) >= 11 is 5.50. The molecule has 2 aromatic rings. The van der Waals surface area contributed by atoms with Crippen LogP contribution in [0.5, 0.6) is 0 Å². The van der Waals surface area contributed by atoms with E-state index in [9.17, 15) is 23.7 Å². The van der Waals surface area contributed by atoms with Crippen molar-refractivity contribution in [2.45, 2.75) is 0 Å². The lowest BCUT2D eigenvalue weighted by Crippen LogP contribution is -2.16. The van der Waals surface area contributed by atoms with Crippen molar-refractivity contribution >= 4 is 29.0 Å². The molecule has 0 aliphatic carbocycles. The number of nitrogens with one attached hydrogen (secondary N) is 1. The number of carbonyl (C=O) groups excluding carboxylic acids is 1. The first-order chi connectivity index (χ1) is 9.88. The van der Waals surface area contributed by atoms with Crippen molar-refractivity contribution in [2.75, 3.05) is 5.32 Å². The summed E-state index contributed by atoms with van der Waals surface area (Å²) in [6, 6.07) is 3.52. The zero-order valence-corrected chi connectivity index (χ0v) is 10.8. The number of aromatic nitrogens is 2. The molecular weight excluding hydrogens is 310 g/mol. The average molecular weight is 315 g/mol. The molecule has 0 aliphatic heterocycles. The summed E-state index contributed by atoms with van der Waals surface area (Å²) < 4.78 is 27.0. The van der Waals surface area contributed by atoms with Gasteiger partial charge in [-0.25, -0.2) is 4.39 Å². The van der Waals surface area contributed by atoms with E-state index >= 15 is 0 Å². The molecule has 1 heterocycles. The number of amides is 1. The van der Waals surface area contributed by atoms with Gasteiger partial charge in [-0.15, -0.1) is 10.2 Å². The molecular formula is C11H5ClF2N4O3. The van der Waals surface area contributed by atoms with E-state index in [1.54, 1.807) is 0 Å². The van der Waals surface area contributed by atoms with E-state index in [4.69, 9.17) is 11.6 Å². The maximum Gasteiger partial charge on any atom is 0.308 e. The molecule has 2 rings (SSSR count). The van der Waals surface area contributed by atoms with Gasteiger partial charge in [-0.05, 0) is 18.2 Å². The lowest BCUT2D eigenvalue weighted by Gasteiger charge is -2.05. The van der Waals surface area contributed by atoms with E-state index in [1.165, 1.54) is 12.1 Å². The minimum Gasteiger partial charge on any atom is -0.305 e. The number of anilines is 1. The van der Waals surface area contributed by atoms with E-state index in [1.807, 2.05) is 0 Å². The van der Waals surface area contributed by atoms with Crippen LogP contribution in [-0.2, 0) is 0 Å². The van der Waals surface area contributed by atoms with Crippen LogP contribution in [0.25, 0.3) is 0 Å². The fourth-order valence-electron chi connectivity index (χ4n) is 1.44. The van der Waals surface area contributed by atoms with E-state index in [2.05, 4.69) is 15.5 Å². The van der Waals surface area contributed by atoms with E-state index < -0.39 is 33.7 Å². The summed E-state index contributed by atoms with van der Waals surface area (Å²) in [7, 11) is 0. The van der Waals surface area contributed by atoms with Gasteiger partial charge in [0.2, 0.25) is 5.82 Å². The van der Waals surface area contributed by atoms with Crippen molar-refractivity contribution in [3.05, 3.63) is 56.7 Å². The molecule has 0 saturated heterocycles. The molecule has 0 bridgehead atoms. The first kappa shape index (κ1) is 14.7. The van der Waals surface area contributed by atoms with Crippen LogP contribution in [0.2, 0.25) is 5.15 Å². The Hall–Kier alpha value is -2.68. The van der Waals surface area contributed by atoms with Crippen molar-refractivity contribution in [2.24, 2.45) is 0 Å². The van der Waals surface area contributed by atoms with Crippen molar-refractivity contribution in [3.8, 4) is 0 Å². The monoisotopic (exact) mass is 314 g/mol. The third kappa shape index (κ3) is 3.26. The molecule has 0 fully saturated rings. The highest BCUT2D eigenvalue weighted by atomic mass is 35.5. The van der Waals surface area contributed by atoms with E-state index in [0.29, 0.717) is 12.1 Å². The average Bonchev–Trinajstić information content (AvgIpc) is 2.43. The number of rotatable bonds is 3. The smallest absolute Gasteiger partial charge is 0.305 e. The van der Waals surface area contributed by atoms with Gasteiger partial charge in [0, 0.05) is 0 Å². The van der Waals surface area contributed by atoms with Crippen LogP contribution in [-0.4, -0.2) is 21.0 Å². The second-order valence-corrected chi connectivity index (χ2v) is 4.13. The number of benzene rings is 1. The van der Waals surface area contributed by atoms with Gasteiger partial charge >= 0.3 is 5.69 Å². The van der Waals surface area contributed by atoms with Gasteiger partial charge < -0.3 is 5.32 Å². The molecule has 21 heavy (non-hydrogen) atoms. The van der Waals surface area contributed by atoms with Gasteiger partial charge in [-0.3, -0.25) is 14.9 Å². The van der Waals surface area contributed by atoms with E-state index in [0.717, 1.165) is 0 Å². The second kappa shape index (κ2) is 5.75. The summed E-state index contributed by atoms with van der Waals surface area (Å²) in [5, 5.41) is 19.7. The molecule has 0 spiro atoms. The molecule has 7 nitrogen and oxygen atoms in total. The lowest BCUT2D eigenvalue weighted by molar-refractivity contribution is -0.387. The molecule has 1 aromatic carbocycles. The Kier molecular flexibility index (Phi) is 4.03. The molecule has 0 unspecified atom stereocenters. The first-order valence-electron chi connectivity index (χ1n) is 5.32. The number of hydrogen-bond donors (Lipinski definition) is 1. The Bertz CT molecular complexity index is 724. The summed E-state index contributed by atoms with van der Waals surface area (Å²) in [6.45, 7) is 0. The van der Waals surface area contributed by atoms with Crippen LogP contribution in [0, 0.1) is 21.7 Å². The number of halogens is 3. The number of carbonyl (C=O) groups is 1. The van der Waals surface area contributed by atoms with Gasteiger partial charge in [0.05, 0.1) is 16.6 Å². The lowest BCUT2D eigenvalue weighted by atomic mass is 10.1. The number of hydrogen-bond acceptors (Lipinski definition) is 5. The molecule has 108 valence electrons. The Morgan fingerprint density at radius 1 is 1.29 bits per heavy atom. The Balaban J connectivity index is 2.35. The third-order valence-electron chi connectivity index (χ3n) is 2.33. The second-order valence-electron chi connectivity index (χ2n) is 3.74. The van der Waals surface area contributed by atoms with Crippen LogP contribution in [0.4, 0.5) is 20.3 Å². The minimum absolute atomic E-state index is 0.0700. The maximum atomic E-state index is 13.8. The van der Waals surface area contributed by atoms with Crippen LogP contribution in [0.1, 0.15) is 10.4 Å². The highest BCUT2D eigenvalue weighted by molar-refractivity contribution is 6.29. The normalized spacial score (nSPS) is 10.2. The summed E-state index contributed by atoms with van der Waals surface area (Å²) in [5.74, 6) is -3.74. The zero-order chi connectivity index (χ0) is 15.6. The molecule has 0 saturated carbocycles. The number of nitro groups is 1. The van der Waals surface area contributed by atoms with Crippen molar-refractivity contribution in [1.82, 2.24) is 10.2 Å². The Labute approximate surface area is 120 Å². The van der Waals surface area contributed by atoms with E-state index in [-0.39, 0.29) is 11.0 Å². The first-order valence-corrected chi connectivity index (χ1v) is 5.70. The number of nitrogens with zero attached hydrogens (tertiary/aromatic N) is 3. The van der Waals surface area contributed by atoms with Crippen molar-refractivity contribution in [3.63, 3.8) is 0 Å². The largest absolute Gasteiger partial charge is 0.308 e. The topological polar surface area (TPSA) is 98.0 Å². The highest BCUT2D eigenvalue weighted by Crippen LogP contribution is 2.23. The summed E-state index contributed by atoms with van der Waals surface area (Å²) in [4.78, 5) is 21.3. The molecule has 0 atom stereocenters. The van der Waals surface area contributed by atoms with Gasteiger partial charge in [0.25, 0.3) is 5.91 Å². The Morgan fingerprint density at radius 3 is 2.57 bits per heavy atom. The fourth-order valence-corrected chi connectivity index (χ4v) is 1.54. The van der Waals surface area contributed by atoms with Crippen LogP contribution >= 0.6 is 11.6 Å². The van der Waals surface area contributed by atoms with Crippen molar-refractivity contribution < 1.29 is 18.5 Å². The summed E-state index contributed by atoms with van der Waals surface area (Å²) in [5.41, 5.74) is -1.96. The SMILES string of the molecule is O=C(Nc1ccc(Cl)nn1)c1cc(F)cc([N+](=O)[O-])c1F. The van der Waals surface area contributed by atoms with Crippen LogP contribution in [0.15, 0.2) is 24.3 Å². The van der Waals surface area contributed by atoms with Gasteiger partial charge in [0.1, 0.15) is 5.82 Å². The predicted octanol–water partition coefficient (Wildman–Crippen LogP) is 2.57. The molecule has 1 N–H and O–H groups in total. The van der Waals surface area contributed by atoms with Crippen molar-refractivity contribution in [1.29, 1.82) is 0 Å². The predicted molar refractivity (Wildman–Crippen MR) is 68.0 cm³/mol. The number of nitro benzene ring substituents is 1. The maximum absolute atomic E-state index is 13.8. The van der Waals surface area contributed by atoms with Gasteiger partial charge in [-0.1, -0.05) is 11.6 Å². The van der Waals surface area contributed by atoms with Crippen LogP contribution in [0.3, 0.4) is 0 Å². The van der Waals surface area contributed by atoms with Gasteiger partial charge in [0.15, 0.2) is 11.0 Å². The standard InChI is InChI=1S/C11H5ClF2N4O3/c12-8-1-2-9(17-16-8)15-11(19)6-3-5(13)4-7(10(6)14)18(20)21/h1-4H,(H,15,17,19). The quantitative estimate of drug-likeness (QED) is 0.693. The van der Waals surface area contributed by atoms with Crippen LogP contribution < -0.4 is 5.32 Å². The fraction of sp³-hybridized carbons (Fsp3) is 0. The molecule has 1 amide bonds. The summed E-state index contributed by atoms with van der Waals surface area (Å²) in [6.07, 6.45) is 0. The highest BCUT2D eigenvalue weighted by Gasteiger charge is 2.24. The molecule has 0 aliphatic rings. The third-order valence-corrected chi connectivity index (χ3v) is 2.53.